The lowest BCUT2D eigenvalue weighted by molar-refractivity contribution is -0.125. The van der Waals surface area contributed by atoms with Crippen molar-refractivity contribution in [1.82, 2.24) is 9.88 Å². The average Bonchev–Trinajstić information content (AvgIpc) is 2.70. The molecule has 1 heterocycles. The Morgan fingerprint density at radius 3 is 2.43 bits per heavy atom. The van der Waals surface area contributed by atoms with Crippen molar-refractivity contribution in [3.8, 4) is 0 Å². The number of amides is 2. The van der Waals surface area contributed by atoms with Crippen molar-refractivity contribution in [3.05, 3.63) is 64.6 Å². The van der Waals surface area contributed by atoms with Crippen molar-refractivity contribution in [1.29, 1.82) is 0 Å². The molecule has 1 aromatic heterocycles. The second-order valence-corrected chi connectivity index (χ2v) is 7.40. The van der Waals surface area contributed by atoms with Gasteiger partial charge < -0.3 is 15.2 Å². The first kappa shape index (κ1) is 19.9. The summed E-state index contributed by atoms with van der Waals surface area (Å²) in [5, 5.41) is 5.49. The number of anilines is 1. The predicted octanol–water partition coefficient (Wildman–Crippen LogP) is 2.92. The van der Waals surface area contributed by atoms with E-state index < -0.39 is 0 Å². The van der Waals surface area contributed by atoms with Gasteiger partial charge >= 0.3 is 0 Å². The first-order valence-corrected chi connectivity index (χ1v) is 9.91. The van der Waals surface area contributed by atoms with Crippen LogP contribution in [0.25, 0.3) is 0 Å². The highest BCUT2D eigenvalue weighted by Crippen LogP contribution is 2.25. The molecular formula is C22H27N3O3. The van der Waals surface area contributed by atoms with Crippen LogP contribution in [0.1, 0.15) is 44.1 Å². The summed E-state index contributed by atoms with van der Waals surface area (Å²) in [6.45, 7) is 0.456. The van der Waals surface area contributed by atoms with E-state index in [0.717, 1.165) is 18.4 Å². The molecule has 6 nitrogen and oxygen atoms in total. The fourth-order valence-corrected chi connectivity index (χ4v) is 3.59. The fraction of sp³-hybridized carbons (Fsp3) is 0.409. The first-order chi connectivity index (χ1) is 13.6. The third-order valence-electron chi connectivity index (χ3n) is 5.13. The van der Waals surface area contributed by atoms with Gasteiger partial charge in [0.2, 0.25) is 11.8 Å². The van der Waals surface area contributed by atoms with E-state index in [0.29, 0.717) is 24.6 Å². The average molecular weight is 381 g/mol. The number of carbonyl (C=O) groups is 2. The molecule has 0 atom stereocenters. The maximum Gasteiger partial charge on any atom is 0.250 e. The molecule has 2 aromatic rings. The quantitative estimate of drug-likeness (QED) is 0.774. The zero-order valence-electron chi connectivity index (χ0n) is 16.0. The Bertz CT molecular complexity index is 852. The van der Waals surface area contributed by atoms with E-state index in [1.165, 1.54) is 25.3 Å². The molecule has 1 fully saturated rings. The van der Waals surface area contributed by atoms with Gasteiger partial charge in [-0.3, -0.25) is 14.4 Å². The van der Waals surface area contributed by atoms with E-state index in [1.54, 1.807) is 29.0 Å². The van der Waals surface area contributed by atoms with E-state index in [-0.39, 0.29) is 23.9 Å². The molecule has 2 N–H and O–H groups in total. The van der Waals surface area contributed by atoms with Gasteiger partial charge in [-0.15, -0.1) is 0 Å². The molecule has 148 valence electrons. The van der Waals surface area contributed by atoms with E-state index in [1.807, 2.05) is 18.2 Å². The highest BCUT2D eigenvalue weighted by molar-refractivity contribution is 5.94. The zero-order valence-corrected chi connectivity index (χ0v) is 16.0. The third-order valence-corrected chi connectivity index (χ3v) is 5.13. The Kier molecular flexibility index (Phi) is 7.00. The van der Waals surface area contributed by atoms with Crippen molar-refractivity contribution in [2.75, 3.05) is 11.9 Å². The van der Waals surface area contributed by atoms with Crippen molar-refractivity contribution in [2.24, 2.45) is 5.92 Å². The second-order valence-electron chi connectivity index (χ2n) is 7.40. The van der Waals surface area contributed by atoms with Gasteiger partial charge in [0.25, 0.3) is 5.56 Å². The summed E-state index contributed by atoms with van der Waals surface area (Å²) in [4.78, 5) is 35.8. The van der Waals surface area contributed by atoms with Crippen molar-refractivity contribution in [3.63, 3.8) is 0 Å². The number of hydrogen-bond donors (Lipinski definition) is 2. The molecule has 1 aliphatic carbocycles. The number of carbonyl (C=O) groups excluding carboxylic acids is 2. The topological polar surface area (TPSA) is 80.2 Å². The molecule has 0 spiro atoms. The summed E-state index contributed by atoms with van der Waals surface area (Å²) in [5.74, 6) is 0.163. The van der Waals surface area contributed by atoms with Crippen LogP contribution in [-0.2, 0) is 16.1 Å². The zero-order chi connectivity index (χ0) is 19.8. The largest absolute Gasteiger partial charge is 0.347 e. The Morgan fingerprint density at radius 2 is 1.71 bits per heavy atom. The molecule has 0 aliphatic heterocycles. The second kappa shape index (κ2) is 9.88. The number of aromatic nitrogens is 1. The highest BCUT2D eigenvalue weighted by Gasteiger charge is 2.17. The third kappa shape index (κ3) is 6.08. The van der Waals surface area contributed by atoms with Crippen molar-refractivity contribution >= 4 is 17.5 Å². The van der Waals surface area contributed by atoms with Gasteiger partial charge in [-0.25, -0.2) is 0 Å². The number of benzene rings is 1. The summed E-state index contributed by atoms with van der Waals surface area (Å²) in [6, 6.07) is 12.4. The Balaban J connectivity index is 1.43. The van der Waals surface area contributed by atoms with Gasteiger partial charge in [0.05, 0.1) is 13.1 Å². The summed E-state index contributed by atoms with van der Waals surface area (Å²) >= 11 is 0. The normalized spacial score (nSPS) is 14.4. The Labute approximate surface area is 165 Å². The SMILES string of the molecule is O=C(CC1CCCCC1)NCC(=O)Nc1ccc(Cn2ccccc2=O)cc1. The smallest absolute Gasteiger partial charge is 0.250 e. The lowest BCUT2D eigenvalue weighted by Crippen LogP contribution is -2.34. The number of nitrogens with zero attached hydrogens (tertiary/aromatic N) is 1. The molecule has 0 unspecified atom stereocenters. The molecular weight excluding hydrogens is 354 g/mol. The van der Waals surface area contributed by atoms with Gasteiger partial charge in [-0.1, -0.05) is 37.5 Å². The highest BCUT2D eigenvalue weighted by atomic mass is 16.2. The Morgan fingerprint density at radius 1 is 0.964 bits per heavy atom. The van der Waals surface area contributed by atoms with Crippen LogP contribution in [0.2, 0.25) is 0 Å². The van der Waals surface area contributed by atoms with E-state index in [2.05, 4.69) is 10.6 Å². The molecule has 2 amide bonds. The van der Waals surface area contributed by atoms with Crippen molar-refractivity contribution in [2.45, 2.75) is 45.1 Å². The van der Waals surface area contributed by atoms with Crippen LogP contribution < -0.4 is 16.2 Å². The molecule has 1 aromatic carbocycles. The lowest BCUT2D eigenvalue weighted by atomic mass is 9.87. The minimum absolute atomic E-state index is 0.0211. The van der Waals surface area contributed by atoms with Crippen LogP contribution in [-0.4, -0.2) is 22.9 Å². The molecule has 6 heteroatoms. The van der Waals surface area contributed by atoms with Crippen LogP contribution in [0.3, 0.4) is 0 Å². The molecule has 3 rings (SSSR count). The van der Waals surface area contributed by atoms with E-state index in [4.69, 9.17) is 0 Å². The van der Waals surface area contributed by atoms with Crippen LogP contribution in [0.4, 0.5) is 5.69 Å². The molecule has 1 aliphatic rings. The van der Waals surface area contributed by atoms with Crippen molar-refractivity contribution < 1.29 is 9.59 Å². The maximum atomic E-state index is 12.1. The fourth-order valence-electron chi connectivity index (χ4n) is 3.59. The summed E-state index contributed by atoms with van der Waals surface area (Å²) in [6.07, 6.45) is 8.15. The van der Waals surface area contributed by atoms with Gasteiger partial charge in [-0.2, -0.15) is 0 Å². The number of rotatable bonds is 7. The minimum Gasteiger partial charge on any atom is -0.347 e. The Hall–Kier alpha value is -2.89. The van der Waals surface area contributed by atoms with Crippen LogP contribution >= 0.6 is 0 Å². The first-order valence-electron chi connectivity index (χ1n) is 9.91. The van der Waals surface area contributed by atoms with Gasteiger partial charge in [0, 0.05) is 24.4 Å². The summed E-state index contributed by atoms with van der Waals surface area (Å²) in [5.41, 5.74) is 1.58. The van der Waals surface area contributed by atoms with Gasteiger partial charge in [0.1, 0.15) is 0 Å². The molecule has 0 saturated heterocycles. The summed E-state index contributed by atoms with van der Waals surface area (Å²) < 4.78 is 1.62. The number of hydrogen-bond acceptors (Lipinski definition) is 3. The monoisotopic (exact) mass is 381 g/mol. The van der Waals surface area contributed by atoms with Gasteiger partial charge in [0.15, 0.2) is 0 Å². The van der Waals surface area contributed by atoms with E-state index >= 15 is 0 Å². The summed E-state index contributed by atoms with van der Waals surface area (Å²) in [7, 11) is 0. The molecule has 1 saturated carbocycles. The predicted molar refractivity (Wildman–Crippen MR) is 109 cm³/mol. The van der Waals surface area contributed by atoms with Crippen LogP contribution in [0, 0.1) is 5.92 Å². The van der Waals surface area contributed by atoms with Gasteiger partial charge in [-0.05, 0) is 42.5 Å². The standard InChI is InChI=1S/C22H27N3O3/c26-20(14-17-6-2-1-3-7-17)23-15-21(27)24-19-11-9-18(10-12-19)16-25-13-5-4-8-22(25)28/h4-5,8-13,17H,1-3,6-7,14-16H2,(H,23,26)(H,24,27). The minimum atomic E-state index is -0.246. The van der Waals surface area contributed by atoms with E-state index in [9.17, 15) is 14.4 Å². The van der Waals surface area contributed by atoms with Crippen LogP contribution in [0.5, 0.6) is 0 Å². The maximum absolute atomic E-state index is 12.1. The number of nitrogens with one attached hydrogen (secondary N) is 2. The lowest BCUT2D eigenvalue weighted by Gasteiger charge is -2.20. The number of pyridine rings is 1. The molecule has 0 bridgehead atoms. The van der Waals surface area contributed by atoms with Crippen LogP contribution in [0.15, 0.2) is 53.5 Å². The molecule has 0 radical (unpaired) electrons. The molecule has 28 heavy (non-hydrogen) atoms.